The number of fused-ring (bicyclic) bond motifs is 2. The topological polar surface area (TPSA) is 89.9 Å². The van der Waals surface area contributed by atoms with Crippen molar-refractivity contribution in [1.29, 1.82) is 0 Å². The van der Waals surface area contributed by atoms with Crippen molar-refractivity contribution in [2.24, 2.45) is 0 Å². The maximum Gasteiger partial charge on any atom is 0.281 e. The Labute approximate surface area is 177 Å². The van der Waals surface area contributed by atoms with Crippen molar-refractivity contribution >= 4 is 34.7 Å². The molecular weight excluding hydrogens is 396 g/mol. The third kappa shape index (κ3) is 3.31. The fraction of sp³-hybridized carbons (Fsp3) is 0.0909. The summed E-state index contributed by atoms with van der Waals surface area (Å²) in [5.74, 6) is 0.245. The first-order valence-corrected chi connectivity index (χ1v) is 10.3. The molecule has 0 radical (unpaired) electrons. The molecule has 1 aromatic heterocycles. The molecule has 5 rings (SSSR count). The molecule has 0 saturated heterocycles. The van der Waals surface area contributed by atoms with Crippen molar-refractivity contribution in [2.45, 2.75) is 16.2 Å². The van der Waals surface area contributed by atoms with Crippen LogP contribution in [0.25, 0.3) is 0 Å². The van der Waals surface area contributed by atoms with Crippen molar-refractivity contribution in [2.75, 3.05) is 17.2 Å². The molecule has 0 atom stereocenters. The van der Waals surface area contributed by atoms with Gasteiger partial charge in [0.15, 0.2) is 5.82 Å². The number of carbonyl (C=O) groups excluding carboxylic acids is 1. The normalized spacial score (nSPS) is 12.3. The molecule has 3 aromatic carbocycles. The molecule has 2 N–H and O–H groups in total. The highest BCUT2D eigenvalue weighted by atomic mass is 32.2. The molecule has 2 heterocycles. The lowest BCUT2D eigenvalue weighted by Gasteiger charge is -2.32. The lowest BCUT2D eigenvalue weighted by molar-refractivity contribution is 0.0939. The van der Waals surface area contributed by atoms with E-state index in [0.29, 0.717) is 30.0 Å². The number of hydrogen-bond donors (Lipinski definition) is 1. The molecule has 30 heavy (non-hydrogen) atoms. The number of para-hydroxylation sites is 2. The van der Waals surface area contributed by atoms with Crippen LogP contribution in [-0.4, -0.2) is 32.7 Å². The van der Waals surface area contributed by atoms with Gasteiger partial charge in [-0.05, 0) is 59.0 Å². The van der Waals surface area contributed by atoms with Gasteiger partial charge in [0.05, 0.1) is 11.4 Å². The number of aromatic nitrogens is 4. The largest absolute Gasteiger partial charge is 0.399 e. The Bertz CT molecular complexity index is 1170. The lowest BCUT2D eigenvalue weighted by atomic mass is 10.2. The van der Waals surface area contributed by atoms with Gasteiger partial charge in [0.25, 0.3) is 5.91 Å². The average molecular weight is 414 g/mol. The summed E-state index contributed by atoms with van der Waals surface area (Å²) in [6.07, 6.45) is 0.515. The van der Waals surface area contributed by atoms with Crippen LogP contribution < -0.4 is 10.6 Å². The van der Waals surface area contributed by atoms with Gasteiger partial charge in [-0.25, -0.2) is 0 Å². The minimum atomic E-state index is -0.273. The molecule has 1 aliphatic heterocycles. The van der Waals surface area contributed by atoms with Crippen molar-refractivity contribution < 1.29 is 4.79 Å². The SMILES string of the molecule is Nc1ccc(C(=O)n2nnnc2CCN2c3ccccc3Sc3ccccc32)cc1. The van der Waals surface area contributed by atoms with Crippen molar-refractivity contribution in [1.82, 2.24) is 20.2 Å². The highest BCUT2D eigenvalue weighted by Crippen LogP contribution is 2.47. The monoisotopic (exact) mass is 414 g/mol. The lowest BCUT2D eigenvalue weighted by Crippen LogP contribution is -2.25. The van der Waals surface area contributed by atoms with Gasteiger partial charge in [0.2, 0.25) is 0 Å². The molecule has 0 bridgehead atoms. The Morgan fingerprint density at radius 3 is 2.20 bits per heavy atom. The first-order valence-electron chi connectivity index (χ1n) is 9.51. The summed E-state index contributed by atoms with van der Waals surface area (Å²) < 4.78 is 1.27. The number of nitrogen functional groups attached to an aromatic ring is 1. The van der Waals surface area contributed by atoms with Gasteiger partial charge < -0.3 is 10.6 Å². The molecule has 0 amide bonds. The zero-order valence-corrected chi connectivity index (χ0v) is 16.8. The number of hydrogen-bond acceptors (Lipinski definition) is 7. The number of rotatable bonds is 4. The summed E-state index contributed by atoms with van der Waals surface area (Å²) in [5, 5.41) is 11.8. The molecule has 0 saturated carbocycles. The molecule has 148 valence electrons. The quantitative estimate of drug-likeness (QED) is 0.401. The van der Waals surface area contributed by atoms with E-state index in [-0.39, 0.29) is 5.91 Å². The zero-order valence-electron chi connectivity index (χ0n) is 16.0. The van der Waals surface area contributed by atoms with E-state index in [1.165, 1.54) is 14.5 Å². The highest BCUT2D eigenvalue weighted by molar-refractivity contribution is 7.99. The van der Waals surface area contributed by atoms with Gasteiger partial charge in [-0.15, -0.1) is 5.10 Å². The van der Waals surface area contributed by atoms with Crippen LogP contribution in [0.5, 0.6) is 0 Å². The second kappa shape index (κ2) is 7.64. The minimum Gasteiger partial charge on any atom is -0.399 e. The summed E-state index contributed by atoms with van der Waals surface area (Å²) >= 11 is 1.76. The Morgan fingerprint density at radius 1 is 0.900 bits per heavy atom. The predicted octanol–water partition coefficient (Wildman–Crippen LogP) is 3.79. The third-order valence-corrected chi connectivity index (χ3v) is 6.11. The first-order chi connectivity index (χ1) is 14.7. The summed E-state index contributed by atoms with van der Waals surface area (Å²) in [7, 11) is 0. The summed E-state index contributed by atoms with van der Waals surface area (Å²) in [4.78, 5) is 17.5. The van der Waals surface area contributed by atoms with E-state index in [0.717, 1.165) is 11.4 Å². The Balaban J connectivity index is 1.42. The van der Waals surface area contributed by atoms with Crippen LogP contribution >= 0.6 is 11.8 Å². The Morgan fingerprint density at radius 2 is 1.53 bits per heavy atom. The molecular formula is C22H18N6OS. The fourth-order valence-corrected chi connectivity index (χ4v) is 4.60. The van der Waals surface area contributed by atoms with E-state index in [4.69, 9.17) is 5.73 Å². The fourth-order valence-electron chi connectivity index (χ4n) is 3.50. The van der Waals surface area contributed by atoms with Gasteiger partial charge >= 0.3 is 0 Å². The van der Waals surface area contributed by atoms with Crippen molar-refractivity contribution in [3.8, 4) is 0 Å². The molecule has 0 unspecified atom stereocenters. The van der Waals surface area contributed by atoms with Crippen LogP contribution in [0.15, 0.2) is 82.6 Å². The standard InChI is InChI=1S/C22H18N6OS/c23-16-11-9-15(10-12-16)22(29)28-21(24-25-26-28)13-14-27-17-5-1-3-7-19(17)30-20-8-4-2-6-18(20)27/h1-12H,13-14,23H2. The zero-order chi connectivity index (χ0) is 20.5. The van der Waals surface area contributed by atoms with Crippen molar-refractivity contribution in [3.63, 3.8) is 0 Å². The van der Waals surface area contributed by atoms with Crippen LogP contribution in [0, 0.1) is 0 Å². The molecule has 0 spiro atoms. The Hall–Kier alpha value is -3.65. The van der Waals surface area contributed by atoms with Crippen LogP contribution in [0.1, 0.15) is 16.2 Å². The maximum absolute atomic E-state index is 12.9. The van der Waals surface area contributed by atoms with Crippen molar-refractivity contribution in [3.05, 3.63) is 84.2 Å². The summed E-state index contributed by atoms with van der Waals surface area (Å²) in [6, 6.07) is 23.4. The first kappa shape index (κ1) is 18.4. The molecule has 1 aliphatic rings. The number of nitrogens with zero attached hydrogens (tertiary/aromatic N) is 5. The van der Waals surface area contributed by atoms with Crippen LogP contribution in [0.4, 0.5) is 17.1 Å². The van der Waals surface area contributed by atoms with Crippen LogP contribution in [0.2, 0.25) is 0 Å². The van der Waals surface area contributed by atoms with Crippen LogP contribution in [0.3, 0.4) is 0 Å². The van der Waals surface area contributed by atoms with E-state index < -0.39 is 0 Å². The van der Waals surface area contributed by atoms with E-state index in [1.54, 1.807) is 36.0 Å². The van der Waals surface area contributed by atoms with Gasteiger partial charge in [0, 0.05) is 34.0 Å². The van der Waals surface area contributed by atoms with E-state index in [9.17, 15) is 4.79 Å². The predicted molar refractivity (Wildman–Crippen MR) is 116 cm³/mol. The van der Waals surface area contributed by atoms with Gasteiger partial charge in [-0.3, -0.25) is 4.79 Å². The van der Waals surface area contributed by atoms with Crippen LogP contribution in [-0.2, 0) is 6.42 Å². The second-order valence-electron chi connectivity index (χ2n) is 6.87. The number of nitrogens with two attached hydrogens (primary N) is 1. The maximum atomic E-state index is 12.9. The minimum absolute atomic E-state index is 0.273. The van der Waals surface area contributed by atoms with Gasteiger partial charge in [0.1, 0.15) is 0 Å². The van der Waals surface area contributed by atoms with Gasteiger partial charge in [-0.1, -0.05) is 36.0 Å². The van der Waals surface area contributed by atoms with Gasteiger partial charge in [-0.2, -0.15) is 4.68 Å². The molecule has 0 fully saturated rings. The number of anilines is 3. The van der Waals surface area contributed by atoms with E-state index in [1.807, 2.05) is 24.3 Å². The average Bonchev–Trinajstić information content (AvgIpc) is 3.25. The Kier molecular flexibility index (Phi) is 4.68. The summed E-state index contributed by atoms with van der Waals surface area (Å²) in [6.45, 7) is 0.643. The highest BCUT2D eigenvalue weighted by Gasteiger charge is 2.24. The van der Waals surface area contributed by atoms with E-state index in [2.05, 4.69) is 44.7 Å². The summed E-state index contributed by atoms with van der Waals surface area (Å²) in [5.41, 5.74) is 9.09. The number of carbonyl (C=O) groups is 1. The second-order valence-corrected chi connectivity index (χ2v) is 7.96. The number of benzene rings is 3. The molecule has 8 heteroatoms. The molecule has 4 aromatic rings. The number of tetrazole rings is 1. The molecule has 7 nitrogen and oxygen atoms in total. The smallest absolute Gasteiger partial charge is 0.281 e. The third-order valence-electron chi connectivity index (χ3n) is 4.98. The van der Waals surface area contributed by atoms with E-state index >= 15 is 0 Å². The molecule has 0 aliphatic carbocycles.